The van der Waals surface area contributed by atoms with Gasteiger partial charge in [-0.2, -0.15) is 0 Å². The quantitative estimate of drug-likeness (QED) is 0.930. The molecule has 1 N–H and O–H groups in total. The Hall–Kier alpha value is -0.810. The Bertz CT molecular complexity index is 445. The van der Waals surface area contributed by atoms with Crippen molar-refractivity contribution in [1.82, 2.24) is 4.90 Å². The van der Waals surface area contributed by atoms with Crippen LogP contribution in [0.15, 0.2) is 21.2 Å². The van der Waals surface area contributed by atoms with Crippen LogP contribution < -0.4 is 0 Å². The normalized spacial score (nSPS) is 27.1. The van der Waals surface area contributed by atoms with E-state index in [2.05, 4.69) is 27.8 Å². The van der Waals surface area contributed by atoms with E-state index in [1.807, 2.05) is 19.1 Å². The Morgan fingerprint density at radius 3 is 2.89 bits per heavy atom. The first kappa shape index (κ1) is 13.6. The summed E-state index contributed by atoms with van der Waals surface area (Å²) < 4.78 is 6.27. The van der Waals surface area contributed by atoms with Crippen LogP contribution in [0.25, 0.3) is 0 Å². The lowest BCUT2D eigenvalue weighted by atomic mass is 9.81. The monoisotopic (exact) mass is 315 g/mol. The van der Waals surface area contributed by atoms with Crippen molar-refractivity contribution in [1.29, 1.82) is 0 Å². The van der Waals surface area contributed by atoms with E-state index >= 15 is 0 Å². The Morgan fingerprint density at radius 1 is 1.61 bits per heavy atom. The maximum atomic E-state index is 11.3. The minimum absolute atomic E-state index is 0.107. The number of likely N-dealkylation sites (tertiary alicyclic amines) is 1. The SMILES string of the molecule is CC(c1ccc(Br)o1)N1CCCC(C)(C(=O)O)C1. The van der Waals surface area contributed by atoms with Gasteiger partial charge < -0.3 is 9.52 Å². The number of carboxylic acids is 1. The molecule has 2 heterocycles. The van der Waals surface area contributed by atoms with Crippen molar-refractivity contribution in [2.45, 2.75) is 32.7 Å². The molecule has 1 aromatic rings. The number of carbonyl (C=O) groups is 1. The minimum atomic E-state index is -0.708. The van der Waals surface area contributed by atoms with E-state index in [0.717, 1.165) is 25.1 Å². The fourth-order valence-corrected chi connectivity index (χ4v) is 2.84. The summed E-state index contributed by atoms with van der Waals surface area (Å²) >= 11 is 3.29. The fraction of sp³-hybridized carbons (Fsp3) is 0.615. The highest BCUT2D eigenvalue weighted by atomic mass is 79.9. The van der Waals surface area contributed by atoms with Crippen molar-refractivity contribution < 1.29 is 14.3 Å². The van der Waals surface area contributed by atoms with Crippen molar-refractivity contribution in [2.24, 2.45) is 5.41 Å². The largest absolute Gasteiger partial charge is 0.481 e. The predicted molar refractivity (Wildman–Crippen MR) is 71.4 cm³/mol. The van der Waals surface area contributed by atoms with Crippen molar-refractivity contribution in [3.05, 3.63) is 22.6 Å². The molecule has 0 bridgehead atoms. The minimum Gasteiger partial charge on any atom is -0.481 e. The molecule has 0 aromatic carbocycles. The third-order valence-corrected chi connectivity index (χ3v) is 4.22. The number of aliphatic carboxylic acids is 1. The van der Waals surface area contributed by atoms with Crippen LogP contribution in [-0.2, 0) is 4.79 Å². The van der Waals surface area contributed by atoms with Crippen molar-refractivity contribution in [3.8, 4) is 0 Å². The molecule has 0 aliphatic carbocycles. The van der Waals surface area contributed by atoms with Gasteiger partial charge >= 0.3 is 5.97 Å². The van der Waals surface area contributed by atoms with E-state index in [-0.39, 0.29) is 6.04 Å². The van der Waals surface area contributed by atoms with E-state index in [1.54, 1.807) is 0 Å². The number of furan rings is 1. The second-order valence-electron chi connectivity index (χ2n) is 5.26. The lowest BCUT2D eigenvalue weighted by Crippen LogP contribution is -2.46. The maximum absolute atomic E-state index is 11.3. The van der Waals surface area contributed by atoms with Crippen LogP contribution in [0.2, 0.25) is 0 Å². The molecule has 2 rings (SSSR count). The van der Waals surface area contributed by atoms with Gasteiger partial charge in [0.05, 0.1) is 11.5 Å². The lowest BCUT2D eigenvalue weighted by molar-refractivity contribution is -0.151. The van der Waals surface area contributed by atoms with Crippen LogP contribution in [0.4, 0.5) is 0 Å². The van der Waals surface area contributed by atoms with Gasteiger partial charge in [0, 0.05) is 6.54 Å². The van der Waals surface area contributed by atoms with E-state index in [4.69, 9.17) is 4.42 Å². The number of nitrogens with zero attached hydrogens (tertiary/aromatic N) is 1. The summed E-state index contributed by atoms with van der Waals surface area (Å²) in [5, 5.41) is 9.31. The van der Waals surface area contributed by atoms with Crippen LogP contribution >= 0.6 is 15.9 Å². The van der Waals surface area contributed by atoms with Gasteiger partial charge in [-0.1, -0.05) is 0 Å². The highest BCUT2D eigenvalue weighted by Crippen LogP contribution is 2.35. The Kier molecular flexibility index (Phi) is 3.82. The van der Waals surface area contributed by atoms with Crippen LogP contribution in [0.1, 0.15) is 38.5 Å². The van der Waals surface area contributed by atoms with Gasteiger partial charge in [0.1, 0.15) is 5.76 Å². The number of piperidine rings is 1. The van der Waals surface area contributed by atoms with Gasteiger partial charge in [-0.3, -0.25) is 9.69 Å². The molecule has 4 nitrogen and oxygen atoms in total. The fourth-order valence-electron chi connectivity index (χ4n) is 2.52. The van der Waals surface area contributed by atoms with E-state index in [1.165, 1.54) is 0 Å². The summed E-state index contributed by atoms with van der Waals surface area (Å²) in [7, 11) is 0. The highest BCUT2D eigenvalue weighted by molar-refractivity contribution is 9.10. The Balaban J connectivity index is 2.11. The number of carboxylic acid groups (broad SMARTS) is 1. The average molecular weight is 316 g/mol. The van der Waals surface area contributed by atoms with Crippen LogP contribution in [0.5, 0.6) is 0 Å². The predicted octanol–water partition coefficient (Wildman–Crippen LogP) is 3.29. The topological polar surface area (TPSA) is 53.7 Å². The molecule has 1 saturated heterocycles. The zero-order chi connectivity index (χ0) is 13.3. The molecule has 100 valence electrons. The van der Waals surface area contributed by atoms with Crippen LogP contribution in [0, 0.1) is 5.41 Å². The van der Waals surface area contributed by atoms with Gasteiger partial charge in [-0.15, -0.1) is 0 Å². The van der Waals surface area contributed by atoms with Gasteiger partial charge in [0.25, 0.3) is 0 Å². The Labute approximate surface area is 115 Å². The van der Waals surface area contributed by atoms with Crippen LogP contribution in [-0.4, -0.2) is 29.1 Å². The van der Waals surface area contributed by atoms with E-state index in [9.17, 15) is 9.90 Å². The van der Waals surface area contributed by atoms with E-state index < -0.39 is 11.4 Å². The third kappa shape index (κ3) is 2.62. The molecule has 0 saturated carbocycles. The summed E-state index contributed by atoms with van der Waals surface area (Å²) in [6.07, 6.45) is 1.66. The molecule has 1 aliphatic heterocycles. The second kappa shape index (κ2) is 5.05. The number of hydrogen-bond acceptors (Lipinski definition) is 3. The van der Waals surface area contributed by atoms with Gasteiger partial charge in [0.2, 0.25) is 0 Å². The molecule has 2 unspecified atom stereocenters. The molecule has 18 heavy (non-hydrogen) atoms. The molecular weight excluding hydrogens is 298 g/mol. The standard InChI is InChI=1S/C13H18BrNO3/c1-9(10-4-5-11(14)18-10)15-7-3-6-13(2,8-15)12(16)17/h4-5,9H,3,6-8H2,1-2H3,(H,16,17). The van der Waals surface area contributed by atoms with Crippen molar-refractivity contribution in [2.75, 3.05) is 13.1 Å². The molecule has 0 radical (unpaired) electrons. The molecular formula is C13H18BrNO3. The summed E-state index contributed by atoms with van der Waals surface area (Å²) in [6, 6.07) is 3.91. The molecule has 0 spiro atoms. The molecule has 1 aromatic heterocycles. The molecule has 5 heteroatoms. The number of rotatable bonds is 3. The third-order valence-electron chi connectivity index (χ3n) is 3.80. The summed E-state index contributed by atoms with van der Waals surface area (Å²) in [6.45, 7) is 5.37. The second-order valence-corrected chi connectivity index (χ2v) is 6.04. The zero-order valence-corrected chi connectivity index (χ0v) is 12.2. The zero-order valence-electron chi connectivity index (χ0n) is 10.6. The smallest absolute Gasteiger partial charge is 0.310 e. The highest BCUT2D eigenvalue weighted by Gasteiger charge is 2.39. The molecule has 1 fully saturated rings. The van der Waals surface area contributed by atoms with E-state index in [0.29, 0.717) is 11.2 Å². The lowest BCUT2D eigenvalue weighted by Gasteiger charge is -2.40. The first-order chi connectivity index (χ1) is 8.42. The molecule has 1 aliphatic rings. The van der Waals surface area contributed by atoms with Gasteiger partial charge in [-0.25, -0.2) is 0 Å². The number of hydrogen-bond donors (Lipinski definition) is 1. The van der Waals surface area contributed by atoms with Gasteiger partial charge in [-0.05, 0) is 61.3 Å². The summed E-state index contributed by atoms with van der Waals surface area (Å²) in [4.78, 5) is 13.5. The average Bonchev–Trinajstić information content (AvgIpc) is 2.75. The summed E-state index contributed by atoms with van der Waals surface area (Å²) in [5.74, 6) is 0.163. The number of halogens is 1. The Morgan fingerprint density at radius 2 is 2.33 bits per heavy atom. The van der Waals surface area contributed by atoms with Crippen molar-refractivity contribution >= 4 is 21.9 Å². The first-order valence-corrected chi connectivity index (χ1v) is 6.94. The summed E-state index contributed by atoms with van der Waals surface area (Å²) in [5.41, 5.74) is -0.643. The molecule has 0 amide bonds. The molecule has 2 atom stereocenters. The first-order valence-electron chi connectivity index (χ1n) is 6.15. The van der Waals surface area contributed by atoms with Gasteiger partial charge in [0.15, 0.2) is 4.67 Å². The maximum Gasteiger partial charge on any atom is 0.310 e. The van der Waals surface area contributed by atoms with Crippen LogP contribution in [0.3, 0.4) is 0 Å². The van der Waals surface area contributed by atoms with Crippen molar-refractivity contribution in [3.63, 3.8) is 0 Å².